The number of amides is 2. The van der Waals surface area contributed by atoms with Crippen LogP contribution in [-0.4, -0.2) is 16.7 Å². The van der Waals surface area contributed by atoms with Crippen LogP contribution in [0.15, 0.2) is 36.4 Å². The molecule has 0 aromatic heterocycles. The number of nitro groups is 1. The minimum Gasteiger partial charge on any atom is -0.268 e. The van der Waals surface area contributed by atoms with E-state index in [1.165, 1.54) is 18.2 Å². The summed E-state index contributed by atoms with van der Waals surface area (Å²) in [7, 11) is 0. The molecule has 1 aliphatic heterocycles. The Balaban J connectivity index is 2.18. The Labute approximate surface area is 138 Å². The predicted octanol–water partition coefficient (Wildman–Crippen LogP) is 3.83. The molecule has 0 bridgehead atoms. The minimum atomic E-state index is -0.575. The van der Waals surface area contributed by atoms with E-state index in [9.17, 15) is 19.7 Å². The number of nitro benzene ring substituents is 1. The van der Waals surface area contributed by atoms with Crippen molar-refractivity contribution in [2.45, 2.75) is 26.7 Å². The first-order chi connectivity index (χ1) is 11.3. The molecule has 3 rings (SSSR count). The van der Waals surface area contributed by atoms with E-state index in [1.54, 1.807) is 0 Å². The molecule has 1 heterocycles. The molecular weight excluding hydrogens is 308 g/mol. The number of aryl methyl sites for hydroxylation is 1. The summed E-state index contributed by atoms with van der Waals surface area (Å²) in [6.45, 7) is 5.82. The zero-order valence-electron chi connectivity index (χ0n) is 13.6. The average Bonchev–Trinajstić information content (AvgIpc) is 2.78. The second-order valence-corrected chi connectivity index (χ2v) is 6.10. The number of imide groups is 1. The SMILES string of the molecule is Cc1cccc(C(C)C)c1N1C(=O)c2ccc([N+](=O)[O-])cc2C1=O. The van der Waals surface area contributed by atoms with Crippen molar-refractivity contribution in [3.05, 3.63) is 68.8 Å². The monoisotopic (exact) mass is 324 g/mol. The molecule has 0 fully saturated rings. The largest absolute Gasteiger partial charge is 0.270 e. The molecule has 122 valence electrons. The number of hydrogen-bond acceptors (Lipinski definition) is 4. The third-order valence-corrected chi connectivity index (χ3v) is 4.20. The Morgan fingerprint density at radius 3 is 2.33 bits per heavy atom. The Morgan fingerprint density at radius 1 is 1.04 bits per heavy atom. The second kappa shape index (κ2) is 5.56. The van der Waals surface area contributed by atoms with Gasteiger partial charge in [-0.25, -0.2) is 4.90 Å². The van der Waals surface area contributed by atoms with Crippen LogP contribution in [0.4, 0.5) is 11.4 Å². The molecule has 0 radical (unpaired) electrons. The molecule has 0 saturated carbocycles. The van der Waals surface area contributed by atoms with Gasteiger partial charge in [-0.15, -0.1) is 0 Å². The van der Waals surface area contributed by atoms with E-state index in [4.69, 9.17) is 0 Å². The molecule has 0 atom stereocenters. The maximum Gasteiger partial charge on any atom is 0.270 e. The quantitative estimate of drug-likeness (QED) is 0.488. The lowest BCUT2D eigenvalue weighted by Gasteiger charge is -2.22. The van der Waals surface area contributed by atoms with Crippen molar-refractivity contribution in [1.82, 2.24) is 0 Å². The Kier molecular flexibility index (Phi) is 3.67. The van der Waals surface area contributed by atoms with Gasteiger partial charge < -0.3 is 0 Å². The van der Waals surface area contributed by atoms with E-state index >= 15 is 0 Å². The number of carbonyl (C=O) groups excluding carboxylic acids is 2. The van der Waals surface area contributed by atoms with Gasteiger partial charge in [-0.05, 0) is 30.0 Å². The van der Waals surface area contributed by atoms with Gasteiger partial charge in [-0.3, -0.25) is 19.7 Å². The number of carbonyl (C=O) groups is 2. The van der Waals surface area contributed by atoms with Crippen LogP contribution < -0.4 is 4.90 Å². The van der Waals surface area contributed by atoms with Crippen molar-refractivity contribution in [2.24, 2.45) is 0 Å². The number of hydrogen-bond donors (Lipinski definition) is 0. The smallest absolute Gasteiger partial charge is 0.268 e. The molecule has 6 nitrogen and oxygen atoms in total. The van der Waals surface area contributed by atoms with Crippen molar-refractivity contribution in [2.75, 3.05) is 4.90 Å². The molecular formula is C18H16N2O4. The number of benzene rings is 2. The van der Waals surface area contributed by atoms with Gasteiger partial charge in [0.05, 0.1) is 21.7 Å². The standard InChI is InChI=1S/C18H16N2O4/c1-10(2)13-6-4-5-11(3)16(13)19-17(21)14-8-7-12(20(23)24)9-15(14)18(19)22/h4-10H,1-3H3. The zero-order valence-corrected chi connectivity index (χ0v) is 13.6. The molecule has 2 aromatic carbocycles. The van der Waals surface area contributed by atoms with E-state index < -0.39 is 16.7 Å². The average molecular weight is 324 g/mol. The fourth-order valence-electron chi connectivity index (χ4n) is 3.00. The third-order valence-electron chi connectivity index (χ3n) is 4.20. The summed E-state index contributed by atoms with van der Waals surface area (Å²) in [5, 5.41) is 10.9. The molecule has 24 heavy (non-hydrogen) atoms. The summed E-state index contributed by atoms with van der Waals surface area (Å²) in [6, 6.07) is 9.38. The number of non-ortho nitro benzene ring substituents is 1. The summed E-state index contributed by atoms with van der Waals surface area (Å²) in [6.07, 6.45) is 0. The van der Waals surface area contributed by atoms with Gasteiger partial charge in [0.1, 0.15) is 0 Å². The van der Waals surface area contributed by atoms with Crippen LogP contribution in [0.25, 0.3) is 0 Å². The van der Waals surface area contributed by atoms with Gasteiger partial charge >= 0.3 is 0 Å². The number of nitrogens with zero attached hydrogens (tertiary/aromatic N) is 2. The lowest BCUT2D eigenvalue weighted by molar-refractivity contribution is -0.384. The highest BCUT2D eigenvalue weighted by Crippen LogP contribution is 2.37. The Bertz CT molecular complexity index is 887. The predicted molar refractivity (Wildman–Crippen MR) is 89.5 cm³/mol. The summed E-state index contributed by atoms with van der Waals surface area (Å²) in [5.74, 6) is -0.838. The van der Waals surface area contributed by atoms with Crippen LogP contribution >= 0.6 is 0 Å². The topological polar surface area (TPSA) is 80.5 Å². The van der Waals surface area contributed by atoms with E-state index in [1.807, 2.05) is 39.0 Å². The molecule has 1 aliphatic rings. The van der Waals surface area contributed by atoms with Crippen LogP contribution in [-0.2, 0) is 0 Å². The first-order valence-corrected chi connectivity index (χ1v) is 7.59. The minimum absolute atomic E-state index is 0.0761. The summed E-state index contributed by atoms with van der Waals surface area (Å²) in [5.41, 5.74) is 2.34. The maximum atomic E-state index is 12.8. The van der Waals surface area contributed by atoms with Gasteiger partial charge in [0.15, 0.2) is 0 Å². The van der Waals surface area contributed by atoms with E-state index in [2.05, 4.69) is 0 Å². The fourth-order valence-corrected chi connectivity index (χ4v) is 3.00. The molecule has 2 aromatic rings. The first kappa shape index (κ1) is 15.9. The van der Waals surface area contributed by atoms with Gasteiger partial charge in [-0.1, -0.05) is 32.0 Å². The van der Waals surface area contributed by atoms with Gasteiger partial charge in [-0.2, -0.15) is 0 Å². The maximum absolute atomic E-state index is 12.8. The summed E-state index contributed by atoms with van der Waals surface area (Å²) in [4.78, 5) is 37.0. The molecule has 0 aliphatic carbocycles. The number of fused-ring (bicyclic) bond motifs is 1. The van der Waals surface area contributed by atoms with Crippen molar-refractivity contribution in [3.8, 4) is 0 Å². The van der Waals surface area contributed by atoms with Crippen LogP contribution in [0.2, 0.25) is 0 Å². The van der Waals surface area contributed by atoms with E-state index in [0.29, 0.717) is 5.69 Å². The molecule has 6 heteroatoms. The molecule has 0 unspecified atom stereocenters. The van der Waals surface area contributed by atoms with Crippen molar-refractivity contribution in [1.29, 1.82) is 0 Å². The number of anilines is 1. The van der Waals surface area contributed by atoms with Crippen LogP contribution in [0, 0.1) is 17.0 Å². The van der Waals surface area contributed by atoms with Gasteiger partial charge in [0.25, 0.3) is 17.5 Å². The third kappa shape index (κ3) is 2.27. The summed E-state index contributed by atoms with van der Waals surface area (Å²) >= 11 is 0. The van der Waals surface area contributed by atoms with Crippen LogP contribution in [0.1, 0.15) is 51.6 Å². The summed E-state index contributed by atoms with van der Waals surface area (Å²) < 4.78 is 0. The molecule has 2 amide bonds. The molecule has 0 saturated heterocycles. The fraction of sp³-hybridized carbons (Fsp3) is 0.222. The zero-order chi connectivity index (χ0) is 17.6. The highest BCUT2D eigenvalue weighted by atomic mass is 16.6. The van der Waals surface area contributed by atoms with Crippen molar-refractivity contribution < 1.29 is 14.5 Å². The van der Waals surface area contributed by atoms with Crippen molar-refractivity contribution >= 4 is 23.2 Å². The number of rotatable bonds is 3. The number of para-hydroxylation sites is 1. The highest BCUT2D eigenvalue weighted by molar-refractivity contribution is 6.35. The van der Waals surface area contributed by atoms with Gasteiger partial charge in [0, 0.05) is 12.1 Å². The van der Waals surface area contributed by atoms with Gasteiger partial charge in [0.2, 0.25) is 0 Å². The van der Waals surface area contributed by atoms with Crippen LogP contribution in [0.3, 0.4) is 0 Å². The first-order valence-electron chi connectivity index (χ1n) is 7.59. The lowest BCUT2D eigenvalue weighted by Crippen LogP contribution is -2.31. The lowest BCUT2D eigenvalue weighted by atomic mass is 9.97. The van der Waals surface area contributed by atoms with E-state index in [0.717, 1.165) is 16.0 Å². The molecule has 0 N–H and O–H groups in total. The highest BCUT2D eigenvalue weighted by Gasteiger charge is 2.39. The Hall–Kier alpha value is -3.02. The Morgan fingerprint density at radius 2 is 1.71 bits per heavy atom. The molecule has 0 spiro atoms. The van der Waals surface area contributed by atoms with Crippen LogP contribution in [0.5, 0.6) is 0 Å². The van der Waals surface area contributed by atoms with Crippen molar-refractivity contribution in [3.63, 3.8) is 0 Å². The van der Waals surface area contributed by atoms with E-state index in [-0.39, 0.29) is 22.7 Å². The normalized spacial score (nSPS) is 13.6. The second-order valence-electron chi connectivity index (χ2n) is 6.10.